The van der Waals surface area contributed by atoms with Gasteiger partial charge in [0.1, 0.15) is 12.4 Å². The van der Waals surface area contributed by atoms with Crippen LogP contribution in [0.15, 0.2) is 29.1 Å². The quantitative estimate of drug-likeness (QED) is 0.470. The molecule has 7 heteroatoms. The summed E-state index contributed by atoms with van der Waals surface area (Å²) in [6, 6.07) is 7.78. The summed E-state index contributed by atoms with van der Waals surface area (Å²) in [6.07, 6.45) is -0.0111. The summed E-state index contributed by atoms with van der Waals surface area (Å²) in [5.41, 5.74) is 5.44. The highest BCUT2D eigenvalue weighted by Crippen LogP contribution is 2.39. The number of pyridine rings is 2. The molecule has 0 bridgehead atoms. The van der Waals surface area contributed by atoms with Crippen molar-refractivity contribution in [3.63, 3.8) is 0 Å². The minimum atomic E-state index is -0.895. The molecule has 2 aliphatic heterocycles. The Balaban J connectivity index is 1.73. The van der Waals surface area contributed by atoms with Crippen molar-refractivity contribution in [2.75, 3.05) is 7.11 Å². The predicted octanol–water partition coefficient (Wildman–Crippen LogP) is 3.52. The van der Waals surface area contributed by atoms with Gasteiger partial charge in [-0.05, 0) is 50.1 Å². The number of carbonyl (C=O) groups is 1. The predicted molar refractivity (Wildman–Crippen MR) is 115 cm³/mol. The first-order valence-electron chi connectivity index (χ1n) is 10.5. The summed E-state index contributed by atoms with van der Waals surface area (Å²) in [6.45, 7) is 6.52. The molecule has 0 saturated carbocycles. The lowest BCUT2D eigenvalue weighted by Gasteiger charge is -2.24. The monoisotopic (exact) mass is 420 g/mol. The third kappa shape index (κ3) is 2.95. The number of hydrogen-bond donors (Lipinski definition) is 0. The molecule has 2 aliphatic rings. The first-order valence-corrected chi connectivity index (χ1v) is 10.5. The number of benzene rings is 1. The van der Waals surface area contributed by atoms with Crippen molar-refractivity contribution in [2.24, 2.45) is 0 Å². The molecule has 0 aliphatic carbocycles. The maximum Gasteiger partial charge on any atom is 0.340 e. The molecule has 0 spiro atoms. The Morgan fingerprint density at radius 1 is 1.23 bits per heavy atom. The zero-order chi connectivity index (χ0) is 21.9. The number of rotatable bonds is 4. The summed E-state index contributed by atoms with van der Waals surface area (Å²) < 4.78 is 18.1. The zero-order valence-electron chi connectivity index (χ0n) is 18.0. The van der Waals surface area contributed by atoms with Gasteiger partial charge in [-0.3, -0.25) is 4.79 Å². The fourth-order valence-electron chi connectivity index (χ4n) is 4.65. The first kappa shape index (κ1) is 19.8. The fraction of sp³-hybridized carbons (Fsp3) is 0.375. The minimum absolute atomic E-state index is 0.0323. The Morgan fingerprint density at radius 3 is 2.74 bits per heavy atom. The number of methoxy groups -OCH3 is 1. The van der Waals surface area contributed by atoms with Crippen molar-refractivity contribution < 1.29 is 19.0 Å². The third-order valence-electron chi connectivity index (χ3n) is 5.99. The van der Waals surface area contributed by atoms with Crippen LogP contribution in [-0.2, 0) is 33.8 Å². The van der Waals surface area contributed by atoms with E-state index in [-0.39, 0.29) is 18.3 Å². The standard InChI is InChI=1S/C24H24N2O5/c1-5-14-15-8-13(31-12(2)3)6-7-19(15)25-21-17(14)10-26-20(21)9-16-18(23(26)27)11-30-24(28)22(16)29-4/h6-9,12,22H,5,10-11H2,1-4H3. The molecule has 0 amide bonds. The second-order valence-corrected chi connectivity index (χ2v) is 8.19. The Hall–Kier alpha value is -3.19. The molecule has 0 fully saturated rings. The maximum atomic E-state index is 13.3. The molecule has 0 saturated heterocycles. The molecule has 0 radical (unpaired) electrons. The summed E-state index contributed by atoms with van der Waals surface area (Å²) in [5, 5.41) is 1.04. The molecular weight excluding hydrogens is 396 g/mol. The van der Waals surface area contributed by atoms with Gasteiger partial charge in [0.15, 0.2) is 6.10 Å². The van der Waals surface area contributed by atoms with E-state index in [1.807, 2.05) is 38.1 Å². The van der Waals surface area contributed by atoms with E-state index >= 15 is 0 Å². The van der Waals surface area contributed by atoms with Gasteiger partial charge in [-0.2, -0.15) is 0 Å². The molecule has 3 aromatic rings. The molecule has 160 valence electrons. The lowest BCUT2D eigenvalue weighted by molar-refractivity contribution is -0.159. The molecule has 1 atom stereocenters. The number of aryl methyl sites for hydroxylation is 1. The van der Waals surface area contributed by atoms with Crippen LogP contribution in [0, 0.1) is 0 Å². The SMILES string of the molecule is CCc1c2c(nc3ccc(OC(C)C)cc13)-c1cc3c(c(=O)n1C2)COC(=O)C3OC. The van der Waals surface area contributed by atoms with Gasteiger partial charge in [0.2, 0.25) is 0 Å². The molecule has 31 heavy (non-hydrogen) atoms. The second-order valence-electron chi connectivity index (χ2n) is 8.19. The number of fused-ring (bicyclic) bond motifs is 5. The van der Waals surface area contributed by atoms with Gasteiger partial charge in [-0.1, -0.05) is 6.92 Å². The molecule has 1 aromatic carbocycles. The van der Waals surface area contributed by atoms with E-state index in [1.54, 1.807) is 4.57 Å². The highest BCUT2D eigenvalue weighted by Gasteiger charge is 2.35. The summed E-state index contributed by atoms with van der Waals surface area (Å²) in [7, 11) is 1.44. The fourth-order valence-corrected chi connectivity index (χ4v) is 4.65. The van der Waals surface area contributed by atoms with Crippen LogP contribution in [0.2, 0.25) is 0 Å². The van der Waals surface area contributed by atoms with E-state index in [9.17, 15) is 9.59 Å². The van der Waals surface area contributed by atoms with Gasteiger partial charge in [-0.25, -0.2) is 9.78 Å². The first-order chi connectivity index (χ1) is 14.9. The normalized spacial score (nSPS) is 16.8. The highest BCUT2D eigenvalue weighted by atomic mass is 16.6. The van der Waals surface area contributed by atoms with E-state index in [2.05, 4.69) is 6.92 Å². The van der Waals surface area contributed by atoms with Crippen molar-refractivity contribution in [1.29, 1.82) is 0 Å². The summed E-state index contributed by atoms with van der Waals surface area (Å²) >= 11 is 0. The van der Waals surface area contributed by atoms with Crippen LogP contribution < -0.4 is 10.3 Å². The number of cyclic esters (lactones) is 1. The van der Waals surface area contributed by atoms with Gasteiger partial charge < -0.3 is 18.8 Å². The van der Waals surface area contributed by atoms with Crippen LogP contribution in [0.4, 0.5) is 0 Å². The van der Waals surface area contributed by atoms with Crippen LogP contribution in [0.1, 0.15) is 49.1 Å². The maximum absolute atomic E-state index is 13.3. The van der Waals surface area contributed by atoms with E-state index in [1.165, 1.54) is 7.11 Å². The van der Waals surface area contributed by atoms with Crippen LogP contribution in [0.3, 0.4) is 0 Å². The van der Waals surface area contributed by atoms with Crippen LogP contribution >= 0.6 is 0 Å². The Kier molecular flexibility index (Phi) is 4.59. The average molecular weight is 420 g/mol. The number of esters is 1. The van der Waals surface area contributed by atoms with Gasteiger partial charge in [0.25, 0.3) is 5.56 Å². The van der Waals surface area contributed by atoms with Crippen LogP contribution in [0.25, 0.3) is 22.3 Å². The number of hydrogen-bond acceptors (Lipinski definition) is 6. The Morgan fingerprint density at radius 2 is 2.03 bits per heavy atom. The van der Waals surface area contributed by atoms with Crippen LogP contribution in [-0.4, -0.2) is 28.7 Å². The molecule has 1 unspecified atom stereocenters. The van der Waals surface area contributed by atoms with Gasteiger partial charge in [0.05, 0.1) is 35.1 Å². The number of ether oxygens (including phenoxy) is 3. The van der Waals surface area contributed by atoms with Gasteiger partial charge in [0, 0.05) is 23.6 Å². The van der Waals surface area contributed by atoms with E-state index in [0.29, 0.717) is 17.7 Å². The van der Waals surface area contributed by atoms with Crippen molar-refractivity contribution >= 4 is 16.9 Å². The number of carbonyl (C=O) groups excluding carboxylic acids is 1. The largest absolute Gasteiger partial charge is 0.491 e. The van der Waals surface area contributed by atoms with E-state index in [0.717, 1.165) is 45.6 Å². The average Bonchev–Trinajstić information content (AvgIpc) is 3.10. The van der Waals surface area contributed by atoms with E-state index in [4.69, 9.17) is 19.2 Å². The topological polar surface area (TPSA) is 79.6 Å². The Labute approximate surface area is 179 Å². The van der Waals surface area contributed by atoms with Crippen LogP contribution in [0.5, 0.6) is 5.75 Å². The van der Waals surface area contributed by atoms with Crippen molar-refractivity contribution in [3.05, 3.63) is 56.9 Å². The number of nitrogens with zero attached hydrogens (tertiary/aromatic N) is 2. The number of aromatic nitrogens is 2. The molecule has 7 nitrogen and oxygen atoms in total. The summed E-state index contributed by atoms with van der Waals surface area (Å²) in [5.74, 6) is 0.330. The third-order valence-corrected chi connectivity index (χ3v) is 5.99. The zero-order valence-corrected chi connectivity index (χ0v) is 18.0. The van der Waals surface area contributed by atoms with Crippen molar-refractivity contribution in [2.45, 2.75) is 52.6 Å². The second kappa shape index (κ2) is 7.20. The molecular formula is C24H24N2O5. The van der Waals surface area contributed by atoms with Gasteiger partial charge >= 0.3 is 5.97 Å². The van der Waals surface area contributed by atoms with Gasteiger partial charge in [-0.15, -0.1) is 0 Å². The Bertz CT molecular complexity index is 1290. The molecule has 0 N–H and O–H groups in total. The molecule has 2 aromatic heterocycles. The lowest BCUT2D eigenvalue weighted by Crippen LogP contribution is -2.33. The summed E-state index contributed by atoms with van der Waals surface area (Å²) in [4.78, 5) is 30.3. The lowest BCUT2D eigenvalue weighted by atomic mass is 9.97. The molecule has 5 rings (SSSR count). The van der Waals surface area contributed by atoms with Crippen molar-refractivity contribution in [1.82, 2.24) is 9.55 Å². The van der Waals surface area contributed by atoms with E-state index < -0.39 is 12.1 Å². The molecule has 4 heterocycles. The minimum Gasteiger partial charge on any atom is -0.491 e. The highest BCUT2D eigenvalue weighted by molar-refractivity contribution is 5.89. The van der Waals surface area contributed by atoms with Crippen molar-refractivity contribution in [3.8, 4) is 17.1 Å². The smallest absolute Gasteiger partial charge is 0.340 e.